The second-order valence-electron chi connectivity index (χ2n) is 6.39. The van der Waals surface area contributed by atoms with Crippen LogP contribution >= 0.6 is 0 Å². The van der Waals surface area contributed by atoms with E-state index in [1.54, 1.807) is 0 Å². The van der Waals surface area contributed by atoms with Crippen molar-refractivity contribution in [3.05, 3.63) is 23.9 Å². The van der Waals surface area contributed by atoms with Gasteiger partial charge in [-0.2, -0.15) is 0 Å². The molecule has 0 saturated heterocycles. The summed E-state index contributed by atoms with van der Waals surface area (Å²) in [5.41, 5.74) is 1.13. The van der Waals surface area contributed by atoms with E-state index in [1.807, 2.05) is 31.3 Å². The molecule has 0 amide bonds. The number of aliphatic imine (C=N–C) groups is 1. The molecule has 0 bridgehead atoms. The lowest BCUT2D eigenvalue weighted by Crippen LogP contribution is -2.37. The van der Waals surface area contributed by atoms with Gasteiger partial charge < -0.3 is 15.5 Å². The molecule has 0 radical (unpaired) electrons. The van der Waals surface area contributed by atoms with E-state index in [4.69, 9.17) is 0 Å². The first kappa shape index (κ1) is 19.3. The zero-order chi connectivity index (χ0) is 17.1. The van der Waals surface area contributed by atoms with E-state index in [0.29, 0.717) is 6.54 Å². The Labute approximate surface area is 141 Å². The van der Waals surface area contributed by atoms with Gasteiger partial charge in [0.2, 0.25) is 0 Å². The number of aromatic nitrogens is 1. The second kappa shape index (κ2) is 10.9. The van der Waals surface area contributed by atoms with Gasteiger partial charge in [0.15, 0.2) is 5.96 Å². The molecule has 5 nitrogen and oxygen atoms in total. The van der Waals surface area contributed by atoms with E-state index in [0.717, 1.165) is 36.3 Å². The topological polar surface area (TPSA) is 52.6 Å². The van der Waals surface area contributed by atoms with Crippen LogP contribution in [0.5, 0.6) is 0 Å². The van der Waals surface area contributed by atoms with Crippen molar-refractivity contribution in [3.63, 3.8) is 0 Å². The van der Waals surface area contributed by atoms with E-state index in [-0.39, 0.29) is 0 Å². The van der Waals surface area contributed by atoms with Gasteiger partial charge in [-0.3, -0.25) is 0 Å². The van der Waals surface area contributed by atoms with E-state index in [1.165, 1.54) is 19.3 Å². The number of nitrogens with zero attached hydrogens (tertiary/aromatic N) is 3. The molecule has 5 heteroatoms. The van der Waals surface area contributed by atoms with Crippen LogP contribution in [0.3, 0.4) is 0 Å². The number of hydrogen-bond donors (Lipinski definition) is 2. The standard InChI is InChI=1S/C18H33N5/c1-6-19-18(21-12-8-7-10-15(2)3)22-14-16-11-9-13-20-17(16)23(4)5/h9,11,13,15H,6-8,10,12,14H2,1-5H3,(H2,19,21,22). The molecule has 0 aliphatic carbocycles. The van der Waals surface area contributed by atoms with Crippen LogP contribution in [0.25, 0.3) is 0 Å². The number of guanidine groups is 1. The van der Waals surface area contributed by atoms with Crippen molar-refractivity contribution in [1.29, 1.82) is 0 Å². The first-order valence-corrected chi connectivity index (χ1v) is 8.68. The summed E-state index contributed by atoms with van der Waals surface area (Å²) in [7, 11) is 4.02. The lowest BCUT2D eigenvalue weighted by molar-refractivity contribution is 0.534. The molecule has 1 aromatic rings. The molecular weight excluding hydrogens is 286 g/mol. The van der Waals surface area contributed by atoms with Crippen LogP contribution in [0.4, 0.5) is 5.82 Å². The van der Waals surface area contributed by atoms with Gasteiger partial charge >= 0.3 is 0 Å². The molecule has 0 aromatic carbocycles. The smallest absolute Gasteiger partial charge is 0.191 e. The molecule has 0 aliphatic heterocycles. The molecule has 1 rings (SSSR count). The maximum Gasteiger partial charge on any atom is 0.191 e. The fourth-order valence-corrected chi connectivity index (χ4v) is 2.35. The van der Waals surface area contributed by atoms with Gasteiger partial charge in [-0.05, 0) is 25.3 Å². The van der Waals surface area contributed by atoms with Crippen molar-refractivity contribution in [1.82, 2.24) is 15.6 Å². The molecule has 0 fully saturated rings. The number of rotatable bonds is 9. The lowest BCUT2D eigenvalue weighted by Gasteiger charge is -2.15. The predicted molar refractivity (Wildman–Crippen MR) is 100 cm³/mol. The van der Waals surface area contributed by atoms with Crippen LogP contribution in [0.15, 0.2) is 23.3 Å². The van der Waals surface area contributed by atoms with Crippen molar-refractivity contribution >= 4 is 11.8 Å². The van der Waals surface area contributed by atoms with Gasteiger partial charge in [0, 0.05) is 38.9 Å². The highest BCUT2D eigenvalue weighted by Crippen LogP contribution is 2.15. The van der Waals surface area contributed by atoms with Crippen molar-refractivity contribution < 1.29 is 0 Å². The summed E-state index contributed by atoms with van der Waals surface area (Å²) in [6, 6.07) is 4.04. The monoisotopic (exact) mass is 319 g/mol. The molecule has 0 atom stereocenters. The SMILES string of the molecule is CCNC(=NCc1cccnc1N(C)C)NCCCCC(C)C. The third-order valence-electron chi connectivity index (χ3n) is 3.54. The highest BCUT2D eigenvalue weighted by molar-refractivity contribution is 5.79. The average Bonchev–Trinajstić information content (AvgIpc) is 2.52. The Morgan fingerprint density at radius 1 is 1.26 bits per heavy atom. The summed E-state index contributed by atoms with van der Waals surface area (Å²) in [6.07, 6.45) is 5.55. The number of anilines is 1. The Balaban J connectivity index is 2.55. The molecular formula is C18H33N5. The van der Waals surface area contributed by atoms with Crippen LogP contribution in [0.2, 0.25) is 0 Å². The second-order valence-corrected chi connectivity index (χ2v) is 6.39. The van der Waals surface area contributed by atoms with Gasteiger partial charge in [0.1, 0.15) is 5.82 Å². The van der Waals surface area contributed by atoms with Crippen molar-refractivity contribution in [2.75, 3.05) is 32.1 Å². The number of pyridine rings is 1. The van der Waals surface area contributed by atoms with E-state index >= 15 is 0 Å². The van der Waals surface area contributed by atoms with Crippen LogP contribution < -0.4 is 15.5 Å². The Hall–Kier alpha value is -1.78. The number of nitrogens with one attached hydrogen (secondary N) is 2. The molecule has 0 spiro atoms. The lowest BCUT2D eigenvalue weighted by atomic mass is 10.1. The third-order valence-corrected chi connectivity index (χ3v) is 3.54. The molecule has 0 saturated carbocycles. The quantitative estimate of drug-likeness (QED) is 0.417. The maximum absolute atomic E-state index is 4.69. The fourth-order valence-electron chi connectivity index (χ4n) is 2.35. The summed E-state index contributed by atoms with van der Waals surface area (Å²) in [6.45, 7) is 9.09. The summed E-state index contributed by atoms with van der Waals surface area (Å²) in [4.78, 5) is 11.1. The Bertz CT molecular complexity index is 468. The summed E-state index contributed by atoms with van der Waals surface area (Å²) in [5.74, 6) is 2.64. The maximum atomic E-state index is 4.69. The minimum absolute atomic E-state index is 0.628. The molecule has 1 aromatic heterocycles. The zero-order valence-corrected chi connectivity index (χ0v) is 15.4. The zero-order valence-electron chi connectivity index (χ0n) is 15.4. The van der Waals surface area contributed by atoms with Crippen LogP contribution in [-0.2, 0) is 6.54 Å². The van der Waals surface area contributed by atoms with Crippen molar-refractivity contribution in [3.8, 4) is 0 Å². The Morgan fingerprint density at radius 2 is 2.04 bits per heavy atom. The van der Waals surface area contributed by atoms with E-state index in [2.05, 4.69) is 47.4 Å². The van der Waals surface area contributed by atoms with Gasteiger partial charge in [-0.1, -0.05) is 32.8 Å². The number of unbranched alkanes of at least 4 members (excludes halogenated alkanes) is 1. The van der Waals surface area contributed by atoms with Gasteiger partial charge in [0.05, 0.1) is 6.54 Å². The highest BCUT2D eigenvalue weighted by atomic mass is 15.2. The van der Waals surface area contributed by atoms with Crippen LogP contribution in [-0.4, -0.2) is 38.1 Å². The number of hydrogen-bond acceptors (Lipinski definition) is 3. The molecule has 0 unspecified atom stereocenters. The first-order chi connectivity index (χ1) is 11.0. The third kappa shape index (κ3) is 7.86. The van der Waals surface area contributed by atoms with Gasteiger partial charge in [0.25, 0.3) is 0 Å². The van der Waals surface area contributed by atoms with Crippen molar-refractivity contribution in [2.45, 2.75) is 46.6 Å². The normalized spacial score (nSPS) is 11.7. The Morgan fingerprint density at radius 3 is 2.70 bits per heavy atom. The minimum Gasteiger partial charge on any atom is -0.362 e. The van der Waals surface area contributed by atoms with E-state index in [9.17, 15) is 0 Å². The van der Waals surface area contributed by atoms with Crippen molar-refractivity contribution in [2.24, 2.45) is 10.9 Å². The highest BCUT2D eigenvalue weighted by Gasteiger charge is 2.05. The predicted octanol–water partition coefficient (Wildman–Crippen LogP) is 3.03. The molecule has 2 N–H and O–H groups in total. The summed E-state index contributed by atoms with van der Waals surface area (Å²) in [5, 5.41) is 6.72. The fraction of sp³-hybridized carbons (Fsp3) is 0.667. The molecule has 1 heterocycles. The minimum atomic E-state index is 0.628. The van der Waals surface area contributed by atoms with Crippen LogP contribution in [0.1, 0.15) is 45.6 Å². The summed E-state index contributed by atoms with van der Waals surface area (Å²) < 4.78 is 0. The Kier molecular flexibility index (Phi) is 9.10. The van der Waals surface area contributed by atoms with Gasteiger partial charge in [-0.25, -0.2) is 9.98 Å². The average molecular weight is 319 g/mol. The van der Waals surface area contributed by atoms with E-state index < -0.39 is 0 Å². The summed E-state index contributed by atoms with van der Waals surface area (Å²) >= 11 is 0. The van der Waals surface area contributed by atoms with Crippen LogP contribution in [0, 0.1) is 5.92 Å². The molecule has 23 heavy (non-hydrogen) atoms. The molecule has 0 aliphatic rings. The van der Waals surface area contributed by atoms with Gasteiger partial charge in [-0.15, -0.1) is 0 Å². The largest absolute Gasteiger partial charge is 0.362 e. The first-order valence-electron chi connectivity index (χ1n) is 8.68. The molecule has 130 valence electrons.